The van der Waals surface area contributed by atoms with Gasteiger partial charge in [-0.05, 0) is 65.6 Å². The second-order valence-electron chi connectivity index (χ2n) is 5.36. The van der Waals surface area contributed by atoms with Gasteiger partial charge in [0.15, 0.2) is 0 Å². The van der Waals surface area contributed by atoms with E-state index in [0.717, 1.165) is 19.0 Å². The first-order valence-corrected chi connectivity index (χ1v) is 7.17. The number of hydrogen-bond acceptors (Lipinski definition) is 3. The van der Waals surface area contributed by atoms with Crippen molar-refractivity contribution in [2.75, 3.05) is 53.4 Å². The summed E-state index contributed by atoms with van der Waals surface area (Å²) in [5.41, 5.74) is 0. The minimum Gasteiger partial charge on any atom is -0.316 e. The molecule has 3 nitrogen and oxygen atoms in total. The third kappa shape index (κ3) is 10.7. The van der Waals surface area contributed by atoms with Gasteiger partial charge in [0.1, 0.15) is 0 Å². The molecule has 0 aliphatic heterocycles. The Morgan fingerprint density at radius 1 is 1.12 bits per heavy atom. The maximum Gasteiger partial charge on any atom is 0.00190 e. The van der Waals surface area contributed by atoms with E-state index in [1.807, 2.05) is 0 Å². The smallest absolute Gasteiger partial charge is 0.00190 e. The topological polar surface area (TPSA) is 18.5 Å². The third-order valence-electron chi connectivity index (χ3n) is 3.02. The number of nitrogens with zero attached hydrogens (tertiary/aromatic N) is 2. The van der Waals surface area contributed by atoms with Crippen LogP contribution < -0.4 is 5.32 Å². The summed E-state index contributed by atoms with van der Waals surface area (Å²) in [5.74, 6) is 0.751. The Morgan fingerprint density at radius 2 is 1.82 bits per heavy atom. The standard InChI is InChI=1S/C14H33N3/c1-6-9-15-12-14(3)13-17(7-2)11-8-10-16(4)5/h14-15H,6-13H2,1-5H3. The van der Waals surface area contributed by atoms with Gasteiger partial charge in [-0.1, -0.05) is 20.8 Å². The lowest BCUT2D eigenvalue weighted by Gasteiger charge is -2.25. The summed E-state index contributed by atoms with van der Waals surface area (Å²) < 4.78 is 0. The Kier molecular flexibility index (Phi) is 10.9. The Hall–Kier alpha value is -0.120. The van der Waals surface area contributed by atoms with Crippen molar-refractivity contribution in [3.63, 3.8) is 0 Å². The van der Waals surface area contributed by atoms with Gasteiger partial charge in [-0.2, -0.15) is 0 Å². The van der Waals surface area contributed by atoms with Gasteiger partial charge in [0.25, 0.3) is 0 Å². The Labute approximate surface area is 109 Å². The van der Waals surface area contributed by atoms with Crippen molar-refractivity contribution >= 4 is 0 Å². The van der Waals surface area contributed by atoms with Crippen molar-refractivity contribution in [2.24, 2.45) is 5.92 Å². The molecule has 0 aliphatic carbocycles. The predicted octanol–water partition coefficient (Wildman–Crippen LogP) is 1.90. The Bertz CT molecular complexity index is 160. The lowest BCUT2D eigenvalue weighted by Crippen LogP contribution is -2.35. The van der Waals surface area contributed by atoms with E-state index in [2.05, 4.69) is 50.0 Å². The molecule has 104 valence electrons. The first-order valence-electron chi connectivity index (χ1n) is 7.17. The predicted molar refractivity (Wildman–Crippen MR) is 77.6 cm³/mol. The van der Waals surface area contributed by atoms with Crippen LogP contribution in [0.15, 0.2) is 0 Å². The molecule has 1 N–H and O–H groups in total. The van der Waals surface area contributed by atoms with E-state index in [1.165, 1.54) is 39.0 Å². The van der Waals surface area contributed by atoms with Crippen LogP contribution in [0.3, 0.4) is 0 Å². The SMILES string of the molecule is CCCNCC(C)CN(CC)CCCN(C)C. The molecule has 3 heteroatoms. The molecule has 0 aromatic rings. The van der Waals surface area contributed by atoms with Crippen LogP contribution >= 0.6 is 0 Å². The van der Waals surface area contributed by atoms with Gasteiger partial charge in [0, 0.05) is 6.54 Å². The highest BCUT2D eigenvalue weighted by atomic mass is 15.1. The van der Waals surface area contributed by atoms with Crippen molar-refractivity contribution < 1.29 is 0 Å². The highest BCUT2D eigenvalue weighted by molar-refractivity contribution is 4.64. The van der Waals surface area contributed by atoms with Gasteiger partial charge in [0.05, 0.1) is 0 Å². The van der Waals surface area contributed by atoms with E-state index >= 15 is 0 Å². The number of nitrogens with one attached hydrogen (secondary N) is 1. The summed E-state index contributed by atoms with van der Waals surface area (Å²) in [6.45, 7) is 13.9. The largest absolute Gasteiger partial charge is 0.316 e. The minimum atomic E-state index is 0.751. The lowest BCUT2D eigenvalue weighted by atomic mass is 10.1. The molecule has 0 rings (SSSR count). The molecule has 0 aliphatic rings. The van der Waals surface area contributed by atoms with Gasteiger partial charge in [0.2, 0.25) is 0 Å². The van der Waals surface area contributed by atoms with E-state index in [4.69, 9.17) is 0 Å². The summed E-state index contributed by atoms with van der Waals surface area (Å²) in [6.07, 6.45) is 2.50. The van der Waals surface area contributed by atoms with Crippen molar-refractivity contribution in [3.8, 4) is 0 Å². The summed E-state index contributed by atoms with van der Waals surface area (Å²) in [5, 5.41) is 3.50. The van der Waals surface area contributed by atoms with E-state index in [9.17, 15) is 0 Å². The molecule has 0 fully saturated rings. The molecule has 0 saturated heterocycles. The first kappa shape index (κ1) is 16.9. The molecule has 0 amide bonds. The molecule has 0 aromatic heterocycles. The fraction of sp³-hybridized carbons (Fsp3) is 1.00. The molecule has 0 radical (unpaired) electrons. The molecule has 1 atom stereocenters. The molecule has 17 heavy (non-hydrogen) atoms. The van der Waals surface area contributed by atoms with Crippen molar-refractivity contribution in [1.82, 2.24) is 15.1 Å². The maximum atomic E-state index is 3.50. The summed E-state index contributed by atoms with van der Waals surface area (Å²) in [7, 11) is 4.29. The second kappa shape index (κ2) is 11.0. The number of hydrogen-bond donors (Lipinski definition) is 1. The van der Waals surface area contributed by atoms with E-state index < -0.39 is 0 Å². The van der Waals surface area contributed by atoms with Gasteiger partial charge in [-0.3, -0.25) is 0 Å². The summed E-state index contributed by atoms with van der Waals surface area (Å²) in [6, 6.07) is 0. The minimum absolute atomic E-state index is 0.751. The summed E-state index contributed by atoms with van der Waals surface area (Å²) >= 11 is 0. The molecule has 0 aromatic carbocycles. The molecule has 0 saturated carbocycles. The van der Waals surface area contributed by atoms with Crippen LogP contribution in [0.2, 0.25) is 0 Å². The first-order chi connectivity index (χ1) is 8.10. The van der Waals surface area contributed by atoms with Crippen LogP contribution in [0.5, 0.6) is 0 Å². The van der Waals surface area contributed by atoms with Gasteiger partial charge < -0.3 is 15.1 Å². The van der Waals surface area contributed by atoms with Crippen molar-refractivity contribution in [2.45, 2.75) is 33.6 Å². The maximum absolute atomic E-state index is 3.50. The van der Waals surface area contributed by atoms with E-state index in [0.29, 0.717) is 0 Å². The molecular weight excluding hydrogens is 210 g/mol. The zero-order valence-electron chi connectivity index (χ0n) is 12.6. The quantitative estimate of drug-likeness (QED) is 0.559. The van der Waals surface area contributed by atoms with Crippen LogP contribution in [0.4, 0.5) is 0 Å². The van der Waals surface area contributed by atoms with E-state index in [-0.39, 0.29) is 0 Å². The van der Waals surface area contributed by atoms with Gasteiger partial charge in [-0.15, -0.1) is 0 Å². The van der Waals surface area contributed by atoms with Crippen LogP contribution in [-0.2, 0) is 0 Å². The number of rotatable bonds is 11. The lowest BCUT2D eigenvalue weighted by molar-refractivity contribution is 0.232. The fourth-order valence-corrected chi connectivity index (χ4v) is 2.02. The van der Waals surface area contributed by atoms with Gasteiger partial charge in [-0.25, -0.2) is 0 Å². The molecule has 0 heterocycles. The van der Waals surface area contributed by atoms with Crippen LogP contribution in [0, 0.1) is 5.92 Å². The average molecular weight is 243 g/mol. The highest BCUT2D eigenvalue weighted by Crippen LogP contribution is 2.00. The average Bonchev–Trinajstić information content (AvgIpc) is 2.27. The van der Waals surface area contributed by atoms with Gasteiger partial charge >= 0.3 is 0 Å². The monoisotopic (exact) mass is 243 g/mol. The normalized spacial score (nSPS) is 13.6. The zero-order valence-corrected chi connectivity index (χ0v) is 12.6. The Balaban J connectivity index is 3.63. The fourth-order valence-electron chi connectivity index (χ4n) is 2.02. The zero-order chi connectivity index (χ0) is 13.1. The van der Waals surface area contributed by atoms with Crippen LogP contribution in [-0.4, -0.2) is 63.2 Å². The molecular formula is C14H33N3. The molecule has 1 unspecified atom stereocenters. The molecule has 0 spiro atoms. The molecule has 0 bridgehead atoms. The van der Waals surface area contributed by atoms with E-state index in [1.54, 1.807) is 0 Å². The highest BCUT2D eigenvalue weighted by Gasteiger charge is 2.08. The second-order valence-corrected chi connectivity index (χ2v) is 5.36. The van der Waals surface area contributed by atoms with Crippen molar-refractivity contribution in [1.29, 1.82) is 0 Å². The summed E-state index contributed by atoms with van der Waals surface area (Å²) in [4.78, 5) is 4.84. The van der Waals surface area contributed by atoms with Crippen molar-refractivity contribution in [3.05, 3.63) is 0 Å². The van der Waals surface area contributed by atoms with Crippen LogP contribution in [0.25, 0.3) is 0 Å². The van der Waals surface area contributed by atoms with Crippen LogP contribution in [0.1, 0.15) is 33.6 Å². The third-order valence-corrected chi connectivity index (χ3v) is 3.02. The Morgan fingerprint density at radius 3 is 2.35 bits per heavy atom.